The first-order valence-corrected chi connectivity index (χ1v) is 10.0. The van der Waals surface area contributed by atoms with Crippen molar-refractivity contribution in [2.24, 2.45) is 11.7 Å². The van der Waals surface area contributed by atoms with Gasteiger partial charge in [0.05, 0.1) is 0 Å². The van der Waals surface area contributed by atoms with Crippen molar-refractivity contribution in [1.82, 2.24) is 0 Å². The lowest BCUT2D eigenvalue weighted by atomic mass is 9.93. The van der Waals surface area contributed by atoms with Gasteiger partial charge in [0.15, 0.2) is 5.92 Å². The Morgan fingerprint density at radius 1 is 0.935 bits per heavy atom. The van der Waals surface area contributed by atoms with Gasteiger partial charge in [-0.3, -0.25) is 9.59 Å². The highest BCUT2D eigenvalue weighted by Crippen LogP contribution is 2.44. The van der Waals surface area contributed by atoms with Crippen molar-refractivity contribution < 1.29 is 23.8 Å². The summed E-state index contributed by atoms with van der Waals surface area (Å²) in [5.74, 6) is -4.58. The Bertz CT molecular complexity index is 1080. The van der Waals surface area contributed by atoms with E-state index in [0.717, 1.165) is 22.3 Å². The molecule has 0 spiro atoms. The molecule has 31 heavy (non-hydrogen) atoms. The zero-order chi connectivity index (χ0) is 22.0. The first-order valence-electron chi connectivity index (χ1n) is 10.0. The molecule has 0 aromatic heterocycles. The minimum atomic E-state index is -1.59. The Morgan fingerprint density at radius 3 is 2.06 bits per heavy atom. The molecule has 0 saturated carbocycles. The van der Waals surface area contributed by atoms with E-state index in [1.807, 2.05) is 48.5 Å². The first-order chi connectivity index (χ1) is 15.0. The van der Waals surface area contributed by atoms with Gasteiger partial charge in [-0.15, -0.1) is 0 Å². The van der Waals surface area contributed by atoms with E-state index in [2.05, 4.69) is 0 Å². The standard InChI is InChI=1S/C25H22FNO4/c26-21-12-6-1-7-15(21)13-22(27)23(24(28)29)25(30)31-14-20-18-10-4-2-8-16(18)17-9-3-5-11-19(17)20/h1-12,20,22-23H,13-14,27H2,(H,28,29)/t22?,23-/m0/s1. The average Bonchev–Trinajstić information content (AvgIpc) is 3.07. The Balaban J connectivity index is 1.50. The van der Waals surface area contributed by atoms with Crippen LogP contribution in [0.5, 0.6) is 0 Å². The number of carbonyl (C=O) groups is 2. The van der Waals surface area contributed by atoms with Crippen molar-refractivity contribution in [2.75, 3.05) is 6.61 Å². The van der Waals surface area contributed by atoms with Gasteiger partial charge in [0.2, 0.25) is 0 Å². The summed E-state index contributed by atoms with van der Waals surface area (Å²) < 4.78 is 19.4. The van der Waals surface area contributed by atoms with Crippen LogP contribution in [0.2, 0.25) is 0 Å². The molecule has 158 valence electrons. The van der Waals surface area contributed by atoms with Crippen molar-refractivity contribution in [2.45, 2.75) is 18.4 Å². The molecular formula is C25H22FNO4. The number of fused-ring (bicyclic) bond motifs is 3. The Kier molecular flexibility index (Phi) is 5.82. The number of hydrogen-bond donors (Lipinski definition) is 2. The number of carbonyl (C=O) groups excluding carboxylic acids is 1. The van der Waals surface area contributed by atoms with Crippen LogP contribution in [-0.4, -0.2) is 29.7 Å². The number of ether oxygens (including phenoxy) is 1. The van der Waals surface area contributed by atoms with Crippen molar-refractivity contribution >= 4 is 11.9 Å². The first kappa shape index (κ1) is 20.8. The molecule has 3 N–H and O–H groups in total. The van der Waals surface area contributed by atoms with Crippen molar-refractivity contribution in [3.63, 3.8) is 0 Å². The minimum Gasteiger partial charge on any atom is -0.481 e. The second-order valence-corrected chi connectivity index (χ2v) is 7.63. The number of rotatable bonds is 7. The van der Waals surface area contributed by atoms with Crippen LogP contribution in [-0.2, 0) is 20.7 Å². The summed E-state index contributed by atoms with van der Waals surface area (Å²) in [5.41, 5.74) is 10.5. The van der Waals surface area contributed by atoms with E-state index in [4.69, 9.17) is 10.5 Å². The summed E-state index contributed by atoms with van der Waals surface area (Å²) in [7, 11) is 0. The summed E-state index contributed by atoms with van der Waals surface area (Å²) >= 11 is 0. The van der Waals surface area contributed by atoms with E-state index in [0.29, 0.717) is 0 Å². The van der Waals surface area contributed by atoms with Crippen molar-refractivity contribution in [3.8, 4) is 11.1 Å². The van der Waals surface area contributed by atoms with Gasteiger partial charge in [-0.25, -0.2) is 4.39 Å². The van der Waals surface area contributed by atoms with E-state index in [1.165, 1.54) is 18.2 Å². The number of carboxylic acids is 1. The number of aliphatic carboxylic acids is 1. The lowest BCUT2D eigenvalue weighted by molar-refractivity contribution is -0.159. The molecule has 1 aliphatic rings. The minimum absolute atomic E-state index is 0.00303. The molecule has 2 atom stereocenters. The van der Waals surface area contributed by atoms with Crippen molar-refractivity contribution in [3.05, 3.63) is 95.3 Å². The maximum Gasteiger partial charge on any atom is 0.321 e. The SMILES string of the molecule is NC(Cc1ccccc1F)[C@@H](C(=O)O)C(=O)OCC1c2ccccc2-c2ccccc21. The van der Waals surface area contributed by atoms with Gasteiger partial charge >= 0.3 is 11.9 Å². The molecule has 0 amide bonds. The largest absolute Gasteiger partial charge is 0.481 e. The van der Waals surface area contributed by atoms with E-state index >= 15 is 0 Å². The summed E-state index contributed by atoms with van der Waals surface area (Å²) in [6.45, 7) is 0.00303. The summed E-state index contributed by atoms with van der Waals surface area (Å²) in [6, 6.07) is 20.6. The van der Waals surface area contributed by atoms with Crippen LogP contribution < -0.4 is 5.73 Å². The van der Waals surface area contributed by atoms with Gasteiger partial charge < -0.3 is 15.6 Å². The molecule has 3 aromatic rings. The Hall–Kier alpha value is -3.51. The molecule has 0 radical (unpaired) electrons. The van der Waals surface area contributed by atoms with Gasteiger partial charge in [0, 0.05) is 12.0 Å². The highest BCUT2D eigenvalue weighted by Gasteiger charge is 2.36. The van der Waals surface area contributed by atoms with Gasteiger partial charge in [-0.1, -0.05) is 66.7 Å². The average molecular weight is 419 g/mol. The third kappa shape index (κ3) is 4.07. The zero-order valence-electron chi connectivity index (χ0n) is 16.7. The maximum atomic E-state index is 13.9. The van der Waals surface area contributed by atoms with Crippen LogP contribution in [0.15, 0.2) is 72.8 Å². The van der Waals surface area contributed by atoms with Crippen LogP contribution in [0.3, 0.4) is 0 Å². The van der Waals surface area contributed by atoms with Crippen LogP contribution in [0.25, 0.3) is 11.1 Å². The van der Waals surface area contributed by atoms with Crippen LogP contribution in [0.1, 0.15) is 22.6 Å². The monoisotopic (exact) mass is 419 g/mol. The maximum absolute atomic E-state index is 13.9. The van der Waals surface area contributed by atoms with Gasteiger partial charge in [-0.05, 0) is 40.3 Å². The number of halogens is 1. The lowest BCUT2D eigenvalue weighted by Gasteiger charge is -2.21. The smallest absolute Gasteiger partial charge is 0.321 e. The molecule has 5 nitrogen and oxygen atoms in total. The molecule has 0 heterocycles. The van der Waals surface area contributed by atoms with Gasteiger partial charge in [0.1, 0.15) is 12.4 Å². The molecule has 1 unspecified atom stereocenters. The molecule has 4 rings (SSSR count). The second-order valence-electron chi connectivity index (χ2n) is 7.63. The fraction of sp³-hybridized carbons (Fsp3) is 0.200. The number of nitrogens with two attached hydrogens (primary N) is 1. The molecule has 0 bridgehead atoms. The number of esters is 1. The zero-order valence-corrected chi connectivity index (χ0v) is 16.7. The van der Waals surface area contributed by atoms with Crippen LogP contribution in [0, 0.1) is 11.7 Å². The topological polar surface area (TPSA) is 89.6 Å². The van der Waals surface area contributed by atoms with E-state index < -0.39 is 29.7 Å². The summed E-state index contributed by atoms with van der Waals surface area (Å²) in [5, 5.41) is 9.59. The predicted molar refractivity (Wildman–Crippen MR) is 114 cm³/mol. The lowest BCUT2D eigenvalue weighted by Crippen LogP contribution is -2.43. The van der Waals surface area contributed by atoms with E-state index in [9.17, 15) is 19.1 Å². The number of carboxylic acid groups (broad SMARTS) is 1. The van der Waals surface area contributed by atoms with Gasteiger partial charge in [0.25, 0.3) is 0 Å². The quantitative estimate of drug-likeness (QED) is 0.450. The van der Waals surface area contributed by atoms with E-state index in [1.54, 1.807) is 6.07 Å². The number of hydrogen-bond acceptors (Lipinski definition) is 4. The van der Waals surface area contributed by atoms with Gasteiger partial charge in [-0.2, -0.15) is 0 Å². The van der Waals surface area contributed by atoms with Crippen molar-refractivity contribution in [1.29, 1.82) is 0 Å². The summed E-state index contributed by atoms with van der Waals surface area (Å²) in [6.07, 6.45) is -0.0894. The molecule has 0 saturated heterocycles. The van der Waals surface area contributed by atoms with E-state index in [-0.39, 0.29) is 24.5 Å². The highest BCUT2D eigenvalue weighted by atomic mass is 19.1. The third-order valence-corrected chi connectivity index (χ3v) is 5.72. The third-order valence-electron chi connectivity index (χ3n) is 5.72. The molecule has 0 fully saturated rings. The molecule has 6 heteroatoms. The normalized spacial score (nSPS) is 14.4. The number of benzene rings is 3. The molecule has 1 aliphatic carbocycles. The summed E-state index contributed by atoms with van der Waals surface area (Å²) in [4.78, 5) is 24.5. The highest BCUT2D eigenvalue weighted by molar-refractivity contribution is 5.95. The van der Waals surface area contributed by atoms with Crippen LogP contribution >= 0.6 is 0 Å². The second kappa shape index (κ2) is 8.70. The fourth-order valence-corrected chi connectivity index (χ4v) is 4.19. The van der Waals surface area contributed by atoms with Crippen LogP contribution in [0.4, 0.5) is 4.39 Å². The Labute approximate surface area is 179 Å². The Morgan fingerprint density at radius 2 is 1.48 bits per heavy atom. The molecule has 0 aliphatic heterocycles. The molecule has 3 aromatic carbocycles. The molecular weight excluding hydrogens is 397 g/mol. The predicted octanol–water partition coefficient (Wildman–Crippen LogP) is 3.75. The fourth-order valence-electron chi connectivity index (χ4n) is 4.19.